The van der Waals surface area contributed by atoms with Gasteiger partial charge in [-0.2, -0.15) is 0 Å². The van der Waals surface area contributed by atoms with Crippen LogP contribution in [0.5, 0.6) is 0 Å². The first-order valence-electron chi connectivity index (χ1n) is 7.01. The molecule has 0 aliphatic carbocycles. The van der Waals surface area contributed by atoms with Crippen LogP contribution in [-0.2, 0) is 0 Å². The molecular weight excluding hydrogens is 300 g/mol. The number of nitrogens with one attached hydrogen (secondary N) is 1. The van der Waals surface area contributed by atoms with Crippen LogP contribution in [0.15, 0.2) is 48.8 Å². The van der Waals surface area contributed by atoms with Crippen molar-refractivity contribution in [2.24, 2.45) is 0 Å². The maximum atomic E-state index is 5.99. The minimum atomic E-state index is 0.0636. The molecule has 0 saturated carbocycles. The van der Waals surface area contributed by atoms with Crippen LogP contribution >= 0.6 is 11.6 Å². The van der Waals surface area contributed by atoms with Gasteiger partial charge in [-0.1, -0.05) is 34.9 Å². The summed E-state index contributed by atoms with van der Waals surface area (Å²) in [5, 5.41) is 16.0. The van der Waals surface area contributed by atoms with E-state index in [1.54, 1.807) is 6.20 Å². The molecule has 4 rings (SSSR count). The highest BCUT2D eigenvalue weighted by Gasteiger charge is 2.30. The van der Waals surface area contributed by atoms with E-state index in [9.17, 15) is 0 Å². The van der Waals surface area contributed by atoms with E-state index >= 15 is 0 Å². The Morgan fingerprint density at radius 2 is 2.00 bits per heavy atom. The van der Waals surface area contributed by atoms with Crippen LogP contribution < -0.4 is 5.32 Å². The van der Waals surface area contributed by atoms with Crippen LogP contribution in [0.25, 0.3) is 0 Å². The average Bonchev–Trinajstić information content (AvgIpc) is 3.04. The van der Waals surface area contributed by atoms with E-state index in [4.69, 9.17) is 11.6 Å². The van der Waals surface area contributed by atoms with Crippen molar-refractivity contribution in [2.45, 2.75) is 18.5 Å². The van der Waals surface area contributed by atoms with Crippen molar-refractivity contribution in [3.63, 3.8) is 0 Å². The predicted octanol–water partition coefficient (Wildman–Crippen LogP) is 2.87. The fourth-order valence-corrected chi connectivity index (χ4v) is 2.93. The third-order valence-electron chi connectivity index (χ3n) is 3.89. The van der Waals surface area contributed by atoms with E-state index in [0.717, 1.165) is 22.6 Å². The van der Waals surface area contributed by atoms with Gasteiger partial charge in [0.25, 0.3) is 0 Å². The molecule has 2 atom stereocenters. The molecule has 2 aromatic heterocycles. The first-order valence-corrected chi connectivity index (χ1v) is 7.39. The fraction of sp³-hybridized carbons (Fsp3) is 0.200. The third-order valence-corrected chi connectivity index (χ3v) is 4.14. The van der Waals surface area contributed by atoms with E-state index in [2.05, 4.69) is 31.9 Å². The number of pyridine rings is 1. The molecule has 1 aromatic carbocycles. The van der Waals surface area contributed by atoms with Gasteiger partial charge in [0.05, 0.1) is 12.1 Å². The Labute approximate surface area is 132 Å². The van der Waals surface area contributed by atoms with Crippen LogP contribution in [0.4, 0.5) is 5.95 Å². The minimum absolute atomic E-state index is 0.0636. The van der Waals surface area contributed by atoms with Gasteiger partial charge in [0.1, 0.15) is 0 Å². The number of tetrazole rings is 1. The number of anilines is 1. The first-order chi connectivity index (χ1) is 10.8. The summed E-state index contributed by atoms with van der Waals surface area (Å²) < 4.78 is 1.82. The molecule has 1 aliphatic rings. The van der Waals surface area contributed by atoms with Gasteiger partial charge in [-0.15, -0.1) is 0 Å². The number of halogens is 1. The smallest absolute Gasteiger partial charge is 0.243 e. The number of fused-ring (bicyclic) bond motifs is 1. The quantitative estimate of drug-likeness (QED) is 0.788. The third kappa shape index (κ3) is 2.31. The maximum absolute atomic E-state index is 5.99. The van der Waals surface area contributed by atoms with Crippen molar-refractivity contribution in [3.05, 3.63) is 64.9 Å². The lowest BCUT2D eigenvalue weighted by Crippen LogP contribution is -2.28. The Morgan fingerprint density at radius 1 is 1.14 bits per heavy atom. The van der Waals surface area contributed by atoms with Crippen molar-refractivity contribution >= 4 is 17.5 Å². The Balaban J connectivity index is 1.73. The Morgan fingerprint density at radius 3 is 2.77 bits per heavy atom. The largest absolute Gasteiger partial charge is 0.346 e. The molecule has 0 radical (unpaired) electrons. The standard InChI is InChI=1S/C15H13ClN6/c16-12-5-3-10(4-6-12)14-8-13(11-2-1-7-17-9-11)18-15-19-20-21-22(14)15/h1-7,9,13-14H,8H2,(H,18,19,21)/t13-,14-/m1/s1. The lowest BCUT2D eigenvalue weighted by Gasteiger charge is -2.30. The van der Waals surface area contributed by atoms with Crippen molar-refractivity contribution in [1.29, 1.82) is 0 Å². The molecule has 0 bridgehead atoms. The van der Waals surface area contributed by atoms with Gasteiger partial charge in [-0.25, -0.2) is 4.68 Å². The summed E-state index contributed by atoms with van der Waals surface area (Å²) in [6.45, 7) is 0. The van der Waals surface area contributed by atoms with E-state index in [-0.39, 0.29) is 12.1 Å². The second-order valence-corrected chi connectivity index (χ2v) is 5.67. The zero-order valence-corrected chi connectivity index (χ0v) is 12.4. The van der Waals surface area contributed by atoms with Gasteiger partial charge in [0, 0.05) is 17.4 Å². The number of hydrogen-bond donors (Lipinski definition) is 1. The number of hydrogen-bond acceptors (Lipinski definition) is 5. The molecule has 110 valence electrons. The van der Waals surface area contributed by atoms with Crippen LogP contribution in [0.3, 0.4) is 0 Å². The minimum Gasteiger partial charge on any atom is -0.346 e. The number of benzene rings is 1. The molecule has 0 spiro atoms. The summed E-state index contributed by atoms with van der Waals surface area (Å²) in [6.07, 6.45) is 4.48. The lowest BCUT2D eigenvalue weighted by atomic mass is 9.94. The molecule has 1 aliphatic heterocycles. The first kappa shape index (κ1) is 13.2. The Kier molecular flexibility index (Phi) is 3.23. The van der Waals surface area contributed by atoms with Gasteiger partial charge in [0.2, 0.25) is 5.95 Å². The lowest BCUT2D eigenvalue weighted by molar-refractivity contribution is 0.423. The molecule has 0 saturated heterocycles. The van der Waals surface area contributed by atoms with E-state index in [1.165, 1.54) is 0 Å². The molecule has 3 aromatic rings. The van der Waals surface area contributed by atoms with Gasteiger partial charge >= 0.3 is 0 Å². The Hall–Kier alpha value is -2.47. The van der Waals surface area contributed by atoms with Gasteiger partial charge in [-0.3, -0.25) is 4.98 Å². The molecule has 22 heavy (non-hydrogen) atoms. The van der Waals surface area contributed by atoms with Crippen LogP contribution in [0.2, 0.25) is 5.02 Å². The van der Waals surface area contributed by atoms with Crippen LogP contribution in [0.1, 0.15) is 29.6 Å². The topological polar surface area (TPSA) is 68.5 Å². The monoisotopic (exact) mass is 312 g/mol. The Bertz CT molecular complexity index is 770. The number of aromatic nitrogens is 5. The molecule has 0 unspecified atom stereocenters. The van der Waals surface area contributed by atoms with Crippen LogP contribution in [-0.4, -0.2) is 25.2 Å². The molecule has 0 fully saturated rings. The summed E-state index contributed by atoms with van der Waals surface area (Å²) in [5.41, 5.74) is 2.25. The molecule has 0 amide bonds. The molecule has 1 N–H and O–H groups in total. The van der Waals surface area contributed by atoms with Gasteiger partial charge in [0.15, 0.2) is 0 Å². The van der Waals surface area contributed by atoms with Crippen molar-refractivity contribution < 1.29 is 0 Å². The van der Waals surface area contributed by atoms with E-state index in [1.807, 2.05) is 41.2 Å². The van der Waals surface area contributed by atoms with Crippen molar-refractivity contribution in [3.8, 4) is 0 Å². The van der Waals surface area contributed by atoms with Crippen molar-refractivity contribution in [1.82, 2.24) is 25.2 Å². The summed E-state index contributed by atoms with van der Waals surface area (Å²) in [7, 11) is 0. The summed E-state index contributed by atoms with van der Waals surface area (Å²) >= 11 is 5.99. The van der Waals surface area contributed by atoms with Gasteiger partial charge in [-0.05, 0) is 46.2 Å². The predicted molar refractivity (Wildman–Crippen MR) is 82.6 cm³/mol. The second-order valence-electron chi connectivity index (χ2n) is 5.23. The molecule has 6 nitrogen and oxygen atoms in total. The highest BCUT2D eigenvalue weighted by Crippen LogP contribution is 2.36. The zero-order valence-electron chi connectivity index (χ0n) is 11.6. The highest BCUT2D eigenvalue weighted by atomic mass is 35.5. The maximum Gasteiger partial charge on any atom is 0.243 e. The summed E-state index contributed by atoms with van der Waals surface area (Å²) in [5.74, 6) is 0.667. The van der Waals surface area contributed by atoms with E-state index < -0.39 is 0 Å². The summed E-state index contributed by atoms with van der Waals surface area (Å²) in [6, 6.07) is 12.0. The molecule has 7 heteroatoms. The fourth-order valence-electron chi connectivity index (χ4n) is 2.80. The highest BCUT2D eigenvalue weighted by molar-refractivity contribution is 6.30. The van der Waals surface area contributed by atoms with E-state index in [0.29, 0.717) is 5.95 Å². The summed E-state index contributed by atoms with van der Waals surface area (Å²) in [4.78, 5) is 4.20. The van der Waals surface area contributed by atoms with Crippen LogP contribution in [0, 0.1) is 0 Å². The van der Waals surface area contributed by atoms with Crippen molar-refractivity contribution in [2.75, 3.05) is 5.32 Å². The number of nitrogens with zero attached hydrogens (tertiary/aromatic N) is 5. The SMILES string of the molecule is Clc1ccc([C@H]2C[C@H](c3cccnc3)Nc3nnnn32)cc1. The molecular formula is C15H13ClN6. The normalized spacial score (nSPS) is 20.2. The second kappa shape index (κ2) is 5.38. The average molecular weight is 313 g/mol. The zero-order chi connectivity index (χ0) is 14.9. The van der Waals surface area contributed by atoms with Gasteiger partial charge < -0.3 is 5.32 Å². The number of rotatable bonds is 2. The molecule has 3 heterocycles.